The second kappa shape index (κ2) is 3.20. The molecule has 2 aromatic heterocycles. The molecule has 5 nitrogen and oxygen atoms in total. The van der Waals surface area contributed by atoms with Crippen molar-refractivity contribution in [2.75, 3.05) is 24.5 Å². The molecule has 0 aromatic carbocycles. The van der Waals surface area contributed by atoms with E-state index >= 15 is 0 Å². The van der Waals surface area contributed by atoms with Crippen LogP contribution in [0.25, 0.3) is 11.0 Å². The van der Waals surface area contributed by atoms with Crippen molar-refractivity contribution in [1.29, 1.82) is 0 Å². The Hall–Kier alpha value is -1.62. The Labute approximate surface area is 99.2 Å². The molecule has 4 heterocycles. The number of nitrogens with zero attached hydrogens (tertiary/aromatic N) is 3. The number of aromatic amines is 1. The fraction of sp³-hybridized carbons (Fsp3) is 0.500. The molecular weight excluding hydrogens is 214 g/mol. The Kier molecular flexibility index (Phi) is 1.77. The van der Waals surface area contributed by atoms with Crippen LogP contribution in [0.4, 0.5) is 5.82 Å². The van der Waals surface area contributed by atoms with E-state index in [-0.39, 0.29) is 0 Å². The summed E-state index contributed by atoms with van der Waals surface area (Å²) >= 11 is 0. The summed E-state index contributed by atoms with van der Waals surface area (Å²) < 4.78 is 0. The molecule has 0 bridgehead atoms. The number of fused-ring (bicyclic) bond motifs is 1. The first-order valence-electron chi connectivity index (χ1n) is 6.14. The summed E-state index contributed by atoms with van der Waals surface area (Å²) in [7, 11) is 0. The van der Waals surface area contributed by atoms with E-state index in [1.165, 1.54) is 12.8 Å². The summed E-state index contributed by atoms with van der Waals surface area (Å²) in [6, 6.07) is 2.06. The Morgan fingerprint density at radius 1 is 1.29 bits per heavy atom. The van der Waals surface area contributed by atoms with Crippen LogP contribution in [0.1, 0.15) is 12.8 Å². The molecule has 5 heteroatoms. The van der Waals surface area contributed by atoms with Crippen LogP contribution in [0.3, 0.4) is 0 Å². The largest absolute Gasteiger partial charge is 0.354 e. The van der Waals surface area contributed by atoms with E-state index in [1.807, 2.05) is 6.20 Å². The van der Waals surface area contributed by atoms with Crippen LogP contribution in [-0.2, 0) is 0 Å². The highest BCUT2D eigenvalue weighted by Gasteiger charge is 2.43. The van der Waals surface area contributed by atoms with Crippen molar-refractivity contribution in [2.24, 2.45) is 0 Å². The summed E-state index contributed by atoms with van der Waals surface area (Å²) in [5.74, 6) is 1.07. The van der Waals surface area contributed by atoms with Gasteiger partial charge in [0.15, 0.2) is 0 Å². The molecule has 2 aromatic rings. The fourth-order valence-corrected chi connectivity index (χ4v) is 2.99. The molecule has 0 aliphatic carbocycles. The maximum Gasteiger partial charge on any atom is 0.142 e. The highest BCUT2D eigenvalue weighted by atomic mass is 15.3. The first-order chi connectivity index (χ1) is 8.36. The van der Waals surface area contributed by atoms with Crippen LogP contribution in [0.2, 0.25) is 0 Å². The van der Waals surface area contributed by atoms with Gasteiger partial charge in [-0.25, -0.2) is 9.97 Å². The van der Waals surface area contributed by atoms with Crippen molar-refractivity contribution in [3.8, 4) is 0 Å². The van der Waals surface area contributed by atoms with Crippen LogP contribution >= 0.6 is 0 Å². The second-order valence-electron chi connectivity index (χ2n) is 5.07. The fourth-order valence-electron chi connectivity index (χ4n) is 2.99. The van der Waals surface area contributed by atoms with Gasteiger partial charge in [-0.1, -0.05) is 0 Å². The molecule has 0 radical (unpaired) electrons. The minimum absolute atomic E-state index is 0.369. The normalized spacial score (nSPS) is 27.9. The minimum Gasteiger partial charge on any atom is -0.354 e. The SMILES string of the molecule is c1nc(N2CC[C@@]3(CCN3)C2)c2cc[nH]c2n1. The van der Waals surface area contributed by atoms with Crippen LogP contribution in [0.5, 0.6) is 0 Å². The summed E-state index contributed by atoms with van der Waals surface area (Å²) in [5, 5.41) is 4.70. The van der Waals surface area contributed by atoms with Gasteiger partial charge in [0.2, 0.25) is 0 Å². The number of H-pyrrole nitrogens is 1. The van der Waals surface area contributed by atoms with Gasteiger partial charge in [0.1, 0.15) is 17.8 Å². The molecule has 2 aliphatic rings. The number of hydrogen-bond acceptors (Lipinski definition) is 4. The summed E-state index contributed by atoms with van der Waals surface area (Å²) in [6.45, 7) is 3.33. The first kappa shape index (κ1) is 9.41. The highest BCUT2D eigenvalue weighted by molar-refractivity contribution is 5.87. The van der Waals surface area contributed by atoms with Gasteiger partial charge in [0.25, 0.3) is 0 Å². The van der Waals surface area contributed by atoms with E-state index in [1.54, 1.807) is 6.33 Å². The molecule has 2 saturated heterocycles. The van der Waals surface area contributed by atoms with Crippen molar-refractivity contribution in [1.82, 2.24) is 20.3 Å². The lowest BCUT2D eigenvalue weighted by Gasteiger charge is -2.39. The van der Waals surface area contributed by atoms with Gasteiger partial charge < -0.3 is 15.2 Å². The quantitative estimate of drug-likeness (QED) is 0.763. The summed E-state index contributed by atoms with van der Waals surface area (Å²) in [5.41, 5.74) is 1.30. The van der Waals surface area contributed by atoms with Gasteiger partial charge in [-0.05, 0) is 25.5 Å². The molecule has 2 fully saturated rings. The van der Waals surface area contributed by atoms with Crippen LogP contribution < -0.4 is 10.2 Å². The lowest BCUT2D eigenvalue weighted by atomic mass is 9.87. The number of hydrogen-bond donors (Lipinski definition) is 2. The Morgan fingerprint density at radius 3 is 3.00 bits per heavy atom. The molecule has 0 saturated carbocycles. The molecule has 2 aliphatic heterocycles. The van der Waals surface area contributed by atoms with E-state index in [0.29, 0.717) is 5.54 Å². The van der Waals surface area contributed by atoms with Gasteiger partial charge in [-0.15, -0.1) is 0 Å². The maximum absolute atomic E-state index is 4.45. The van der Waals surface area contributed by atoms with Gasteiger partial charge in [-0.3, -0.25) is 0 Å². The third-order valence-electron chi connectivity index (χ3n) is 4.09. The third kappa shape index (κ3) is 1.29. The summed E-state index contributed by atoms with van der Waals surface area (Å²) in [6.07, 6.45) is 6.09. The first-order valence-corrected chi connectivity index (χ1v) is 6.14. The lowest BCUT2D eigenvalue weighted by molar-refractivity contribution is 0.235. The van der Waals surface area contributed by atoms with Crippen molar-refractivity contribution in [3.05, 3.63) is 18.6 Å². The van der Waals surface area contributed by atoms with Gasteiger partial charge in [0, 0.05) is 24.8 Å². The number of anilines is 1. The molecule has 4 rings (SSSR count). The van der Waals surface area contributed by atoms with Crippen molar-refractivity contribution in [2.45, 2.75) is 18.4 Å². The number of aromatic nitrogens is 3. The van der Waals surface area contributed by atoms with E-state index < -0.39 is 0 Å². The zero-order valence-corrected chi connectivity index (χ0v) is 9.61. The van der Waals surface area contributed by atoms with Gasteiger partial charge in [0.05, 0.1) is 5.39 Å². The topological polar surface area (TPSA) is 56.8 Å². The Morgan fingerprint density at radius 2 is 2.24 bits per heavy atom. The van der Waals surface area contributed by atoms with Gasteiger partial charge in [-0.2, -0.15) is 0 Å². The second-order valence-corrected chi connectivity index (χ2v) is 5.07. The lowest BCUT2D eigenvalue weighted by Crippen LogP contribution is -2.58. The molecule has 0 unspecified atom stereocenters. The molecule has 1 spiro atoms. The van der Waals surface area contributed by atoms with Crippen molar-refractivity contribution >= 4 is 16.9 Å². The van der Waals surface area contributed by atoms with Gasteiger partial charge >= 0.3 is 0 Å². The summed E-state index contributed by atoms with van der Waals surface area (Å²) in [4.78, 5) is 14.2. The zero-order valence-electron chi connectivity index (χ0n) is 9.61. The molecular formula is C12H15N5. The average Bonchev–Trinajstić information content (AvgIpc) is 2.94. The molecule has 88 valence electrons. The van der Waals surface area contributed by atoms with E-state index in [4.69, 9.17) is 0 Å². The monoisotopic (exact) mass is 229 g/mol. The van der Waals surface area contributed by atoms with Crippen LogP contribution in [0, 0.1) is 0 Å². The number of nitrogens with one attached hydrogen (secondary N) is 2. The van der Waals surface area contributed by atoms with E-state index in [9.17, 15) is 0 Å². The third-order valence-corrected chi connectivity index (χ3v) is 4.09. The smallest absolute Gasteiger partial charge is 0.142 e. The zero-order chi connectivity index (χ0) is 11.3. The van der Waals surface area contributed by atoms with Crippen LogP contribution in [0.15, 0.2) is 18.6 Å². The predicted molar refractivity (Wildman–Crippen MR) is 66.1 cm³/mol. The van der Waals surface area contributed by atoms with E-state index in [0.717, 1.165) is 36.5 Å². The Bertz CT molecular complexity index is 557. The molecule has 17 heavy (non-hydrogen) atoms. The Balaban J connectivity index is 1.72. The van der Waals surface area contributed by atoms with Crippen molar-refractivity contribution in [3.63, 3.8) is 0 Å². The minimum atomic E-state index is 0.369. The average molecular weight is 229 g/mol. The predicted octanol–water partition coefficient (Wildman–Crippen LogP) is 0.900. The molecule has 0 amide bonds. The van der Waals surface area contributed by atoms with Crippen LogP contribution in [-0.4, -0.2) is 40.1 Å². The maximum atomic E-state index is 4.45. The standard InChI is InChI=1S/C12H15N5/c1-4-13-10-9(1)11(15-8-14-10)17-6-3-12(7-17)2-5-16-12/h1,4,8,16H,2-3,5-7H2,(H,13,14,15)/t12-/m0/s1. The molecule has 2 N–H and O–H groups in total. The van der Waals surface area contributed by atoms with Crippen molar-refractivity contribution < 1.29 is 0 Å². The number of rotatable bonds is 1. The highest BCUT2D eigenvalue weighted by Crippen LogP contribution is 2.34. The van der Waals surface area contributed by atoms with E-state index in [2.05, 4.69) is 31.2 Å². The molecule has 1 atom stereocenters.